The molecule has 0 radical (unpaired) electrons. The van der Waals surface area contributed by atoms with Gasteiger partial charge in [-0.1, -0.05) is 38.9 Å². The Labute approximate surface area is 189 Å². The van der Waals surface area contributed by atoms with E-state index in [2.05, 4.69) is 15.1 Å². The molecule has 1 amide bonds. The van der Waals surface area contributed by atoms with E-state index in [1.807, 2.05) is 45.2 Å². The topological polar surface area (TPSA) is 140 Å². The summed E-state index contributed by atoms with van der Waals surface area (Å²) in [5.74, 6) is 0.664. The van der Waals surface area contributed by atoms with Crippen molar-refractivity contribution in [1.82, 2.24) is 19.7 Å². The molecule has 3 aromatic rings. The Morgan fingerprint density at radius 1 is 1.28 bits per heavy atom. The normalized spacial score (nSPS) is 11.4. The van der Waals surface area contributed by atoms with Crippen LogP contribution in [0, 0.1) is 11.8 Å². The fourth-order valence-electron chi connectivity index (χ4n) is 3.28. The van der Waals surface area contributed by atoms with Crippen molar-refractivity contribution >= 4 is 28.7 Å². The van der Waals surface area contributed by atoms with E-state index >= 15 is 0 Å². The van der Waals surface area contributed by atoms with Crippen LogP contribution < -0.4 is 21.9 Å². The number of amides is 1. The number of aromatic nitrogens is 4. The van der Waals surface area contributed by atoms with Crippen LogP contribution in [0.4, 0.5) is 11.5 Å². The van der Waals surface area contributed by atoms with Crippen molar-refractivity contribution in [1.29, 1.82) is 0 Å². The summed E-state index contributed by atoms with van der Waals surface area (Å²) in [6.45, 7) is 8.33. The van der Waals surface area contributed by atoms with Crippen molar-refractivity contribution < 1.29 is 9.32 Å². The summed E-state index contributed by atoms with van der Waals surface area (Å²) in [7, 11) is 0. The van der Waals surface area contributed by atoms with Gasteiger partial charge < -0.3 is 15.2 Å². The Bertz CT molecular complexity index is 1180. The number of nitrogens with zero attached hydrogens (tertiary/aromatic N) is 4. The predicted octanol–water partition coefficient (Wildman–Crippen LogP) is 2.51. The van der Waals surface area contributed by atoms with Crippen molar-refractivity contribution in [3.8, 4) is 10.7 Å². The number of anilines is 2. The Balaban J connectivity index is 1.86. The largest absolute Gasteiger partial charge is 0.383 e. The number of hydrogen-bond acceptors (Lipinski definition) is 8. The van der Waals surface area contributed by atoms with Crippen LogP contribution in [-0.2, 0) is 17.8 Å². The molecule has 0 unspecified atom stereocenters. The number of hydrogen-bond donors (Lipinski definition) is 2. The van der Waals surface area contributed by atoms with E-state index in [1.54, 1.807) is 0 Å². The number of H-pyrrole nitrogens is 1. The molecule has 0 aliphatic carbocycles. The molecule has 3 heterocycles. The Hall–Kier alpha value is -3.21. The third kappa shape index (κ3) is 5.34. The molecule has 0 bridgehead atoms. The van der Waals surface area contributed by atoms with Gasteiger partial charge in [0, 0.05) is 25.9 Å². The summed E-state index contributed by atoms with van der Waals surface area (Å²) >= 11 is 1.49. The molecule has 0 aromatic carbocycles. The number of nitrogens with two attached hydrogens (primary N) is 1. The fourth-order valence-corrected chi connectivity index (χ4v) is 3.93. The molecule has 0 aliphatic heterocycles. The molecule has 0 aliphatic rings. The van der Waals surface area contributed by atoms with Crippen LogP contribution in [-0.4, -0.2) is 32.1 Å². The maximum Gasteiger partial charge on any atom is 0.330 e. The van der Waals surface area contributed by atoms with Gasteiger partial charge in [0.25, 0.3) is 5.56 Å². The third-order valence-electron chi connectivity index (χ3n) is 4.64. The van der Waals surface area contributed by atoms with Gasteiger partial charge in [-0.3, -0.25) is 19.1 Å². The number of aromatic amines is 1. The van der Waals surface area contributed by atoms with Gasteiger partial charge in [0.1, 0.15) is 5.82 Å². The Morgan fingerprint density at radius 2 is 2.03 bits per heavy atom. The molecule has 172 valence electrons. The van der Waals surface area contributed by atoms with Gasteiger partial charge in [-0.2, -0.15) is 4.98 Å². The number of nitrogens with one attached hydrogen (secondary N) is 1. The number of carbonyl (C=O) groups excluding carboxylic acids is 1. The monoisotopic (exact) mass is 460 g/mol. The van der Waals surface area contributed by atoms with E-state index in [1.165, 1.54) is 20.8 Å². The predicted molar refractivity (Wildman–Crippen MR) is 124 cm³/mol. The molecule has 3 N–H and O–H groups in total. The van der Waals surface area contributed by atoms with Gasteiger partial charge in [0.15, 0.2) is 5.69 Å². The third-order valence-corrected chi connectivity index (χ3v) is 5.51. The van der Waals surface area contributed by atoms with Gasteiger partial charge in [-0.05, 0) is 23.3 Å². The van der Waals surface area contributed by atoms with Gasteiger partial charge in [-0.15, -0.1) is 11.3 Å². The van der Waals surface area contributed by atoms with Crippen molar-refractivity contribution in [2.45, 2.75) is 47.1 Å². The first-order valence-corrected chi connectivity index (χ1v) is 11.3. The van der Waals surface area contributed by atoms with Gasteiger partial charge in [0.05, 0.1) is 4.88 Å². The van der Waals surface area contributed by atoms with Crippen LogP contribution in [0.2, 0.25) is 0 Å². The van der Waals surface area contributed by atoms with Crippen LogP contribution in [0.1, 0.15) is 40.0 Å². The summed E-state index contributed by atoms with van der Waals surface area (Å²) in [6, 6.07) is 3.78. The first-order chi connectivity index (χ1) is 15.2. The van der Waals surface area contributed by atoms with Gasteiger partial charge in [0.2, 0.25) is 17.6 Å². The van der Waals surface area contributed by atoms with E-state index in [4.69, 9.17) is 10.3 Å². The summed E-state index contributed by atoms with van der Waals surface area (Å²) in [6.07, 6.45) is 0.260. The highest BCUT2D eigenvalue weighted by atomic mass is 32.1. The zero-order chi connectivity index (χ0) is 23.4. The molecule has 0 spiro atoms. The maximum atomic E-state index is 13.2. The minimum atomic E-state index is -0.681. The Kier molecular flexibility index (Phi) is 7.29. The lowest BCUT2D eigenvalue weighted by Crippen LogP contribution is -2.43. The van der Waals surface area contributed by atoms with Crippen LogP contribution >= 0.6 is 11.3 Å². The lowest BCUT2D eigenvalue weighted by molar-refractivity contribution is -0.118. The second kappa shape index (κ2) is 9.94. The molecule has 0 saturated carbocycles. The summed E-state index contributed by atoms with van der Waals surface area (Å²) < 4.78 is 6.57. The van der Waals surface area contributed by atoms with Gasteiger partial charge in [-0.25, -0.2) is 4.79 Å². The van der Waals surface area contributed by atoms with E-state index < -0.39 is 11.2 Å². The van der Waals surface area contributed by atoms with Crippen LogP contribution in [0.15, 0.2) is 31.6 Å². The average Bonchev–Trinajstić information content (AvgIpc) is 3.39. The van der Waals surface area contributed by atoms with E-state index in [-0.39, 0.29) is 48.6 Å². The molecular formula is C21H28N6O4S. The van der Waals surface area contributed by atoms with Crippen molar-refractivity contribution in [3.05, 3.63) is 44.2 Å². The summed E-state index contributed by atoms with van der Waals surface area (Å²) in [5.41, 5.74) is 4.95. The molecule has 11 heteroatoms. The first-order valence-electron chi connectivity index (χ1n) is 10.5. The molecule has 0 saturated heterocycles. The maximum absolute atomic E-state index is 13.2. The second-order valence-electron chi connectivity index (χ2n) is 8.38. The number of thiophene rings is 1. The van der Waals surface area contributed by atoms with E-state index in [9.17, 15) is 14.4 Å². The lowest BCUT2D eigenvalue weighted by Gasteiger charge is -2.26. The van der Waals surface area contributed by atoms with Crippen LogP contribution in [0.5, 0.6) is 0 Å². The smallest absolute Gasteiger partial charge is 0.330 e. The zero-order valence-electron chi connectivity index (χ0n) is 18.6. The van der Waals surface area contributed by atoms with Crippen LogP contribution in [0.3, 0.4) is 0 Å². The molecule has 3 aromatic heterocycles. The molecule has 10 nitrogen and oxygen atoms in total. The highest BCUT2D eigenvalue weighted by Gasteiger charge is 2.25. The first kappa shape index (κ1) is 23.5. The van der Waals surface area contributed by atoms with Crippen LogP contribution in [0.25, 0.3) is 10.7 Å². The van der Waals surface area contributed by atoms with Crippen molar-refractivity contribution in [2.24, 2.45) is 11.8 Å². The Morgan fingerprint density at radius 3 is 2.66 bits per heavy atom. The molecular weight excluding hydrogens is 432 g/mol. The minimum absolute atomic E-state index is 0.00578. The zero-order valence-corrected chi connectivity index (χ0v) is 19.4. The molecule has 0 atom stereocenters. The second-order valence-corrected chi connectivity index (χ2v) is 9.33. The highest BCUT2D eigenvalue weighted by molar-refractivity contribution is 7.13. The number of rotatable bonds is 9. The highest BCUT2D eigenvalue weighted by Crippen LogP contribution is 2.23. The SMILES string of the molecule is CC(C)CN(C(=O)CCc1nc(-c2cccs2)no1)c1c(N)n(CC(C)C)c(=O)[nH]c1=O. The van der Waals surface area contributed by atoms with E-state index in [0.29, 0.717) is 18.3 Å². The summed E-state index contributed by atoms with van der Waals surface area (Å²) in [4.78, 5) is 46.9. The van der Waals surface area contributed by atoms with E-state index in [0.717, 1.165) is 4.88 Å². The number of carbonyl (C=O) groups is 1. The molecule has 32 heavy (non-hydrogen) atoms. The number of aryl methyl sites for hydroxylation is 1. The van der Waals surface area contributed by atoms with Crippen molar-refractivity contribution in [2.75, 3.05) is 17.2 Å². The lowest BCUT2D eigenvalue weighted by atomic mass is 10.1. The quantitative estimate of drug-likeness (QED) is 0.500. The van der Waals surface area contributed by atoms with Gasteiger partial charge >= 0.3 is 5.69 Å². The molecule has 0 fully saturated rings. The van der Waals surface area contributed by atoms with Crippen molar-refractivity contribution in [3.63, 3.8) is 0 Å². The minimum Gasteiger partial charge on any atom is -0.383 e. The average molecular weight is 461 g/mol. The summed E-state index contributed by atoms with van der Waals surface area (Å²) in [5, 5.41) is 5.87. The molecule has 3 rings (SSSR count). The fraction of sp³-hybridized carbons (Fsp3) is 0.476. The number of nitrogen functional groups attached to an aromatic ring is 1. The standard InChI is InChI=1S/C21H28N6O4S/c1-12(2)10-26(17-18(22)27(11-13(3)4)21(30)24-20(17)29)16(28)8-7-15-23-19(25-31-15)14-6-5-9-32-14/h5-6,9,12-13H,7-8,10-11,22H2,1-4H3,(H,24,29,30).